The first kappa shape index (κ1) is 16.4. The first-order chi connectivity index (χ1) is 9.15. The quantitative estimate of drug-likeness (QED) is 0.703. The Hall–Kier alpha value is -0.610. The van der Waals surface area contributed by atoms with Gasteiger partial charge in [0.15, 0.2) is 0 Å². The van der Waals surface area contributed by atoms with Gasteiger partial charge in [0, 0.05) is 19.5 Å². The minimum atomic E-state index is 0.155. The molecule has 3 N–H and O–H groups in total. The standard InChI is InChI=1S/C15H31N3O/c1-3-14(10-16)9-15(19)17-11-13(2)12-18-7-5-4-6-8-18/h13-14H,3-12,16H2,1-2H3,(H,17,19). The van der Waals surface area contributed by atoms with Crippen LogP contribution in [0, 0.1) is 11.8 Å². The van der Waals surface area contributed by atoms with E-state index in [4.69, 9.17) is 5.73 Å². The Labute approximate surface area is 118 Å². The zero-order valence-corrected chi connectivity index (χ0v) is 12.7. The zero-order chi connectivity index (χ0) is 14.1. The van der Waals surface area contributed by atoms with E-state index in [-0.39, 0.29) is 5.91 Å². The summed E-state index contributed by atoms with van der Waals surface area (Å²) in [6.07, 6.45) is 5.58. The monoisotopic (exact) mass is 269 g/mol. The lowest BCUT2D eigenvalue weighted by atomic mass is 10.0. The van der Waals surface area contributed by atoms with Crippen molar-refractivity contribution in [1.29, 1.82) is 0 Å². The lowest BCUT2D eigenvalue weighted by Crippen LogP contribution is -2.38. The van der Waals surface area contributed by atoms with Crippen LogP contribution in [0.15, 0.2) is 0 Å². The summed E-state index contributed by atoms with van der Waals surface area (Å²) in [5.41, 5.74) is 5.62. The van der Waals surface area contributed by atoms with Crippen LogP contribution in [-0.2, 0) is 4.79 Å². The highest BCUT2D eigenvalue weighted by Crippen LogP contribution is 2.11. The molecule has 0 bridgehead atoms. The summed E-state index contributed by atoms with van der Waals surface area (Å²) >= 11 is 0. The average molecular weight is 269 g/mol. The third-order valence-corrected chi connectivity index (χ3v) is 4.05. The molecule has 1 aliphatic heterocycles. The van der Waals surface area contributed by atoms with E-state index in [9.17, 15) is 4.79 Å². The second kappa shape index (κ2) is 9.32. The highest BCUT2D eigenvalue weighted by molar-refractivity contribution is 5.76. The van der Waals surface area contributed by atoms with Crippen LogP contribution < -0.4 is 11.1 Å². The molecule has 1 saturated heterocycles. The Morgan fingerprint density at radius 2 is 2.00 bits per heavy atom. The highest BCUT2D eigenvalue weighted by Gasteiger charge is 2.15. The Kier molecular flexibility index (Phi) is 8.07. The number of rotatable bonds is 8. The number of carbonyl (C=O) groups excluding carboxylic acids is 1. The number of amides is 1. The van der Waals surface area contributed by atoms with Crippen LogP contribution in [0.1, 0.15) is 46.0 Å². The lowest BCUT2D eigenvalue weighted by molar-refractivity contribution is -0.122. The van der Waals surface area contributed by atoms with Crippen molar-refractivity contribution < 1.29 is 4.79 Å². The van der Waals surface area contributed by atoms with Gasteiger partial charge in [-0.05, 0) is 44.3 Å². The molecule has 112 valence electrons. The number of hydrogen-bond donors (Lipinski definition) is 2. The van der Waals surface area contributed by atoms with Crippen LogP contribution >= 0.6 is 0 Å². The molecule has 1 fully saturated rings. The summed E-state index contributed by atoms with van der Waals surface area (Å²) in [7, 11) is 0. The van der Waals surface area contributed by atoms with Gasteiger partial charge in [-0.1, -0.05) is 26.7 Å². The van der Waals surface area contributed by atoms with Gasteiger partial charge in [-0.25, -0.2) is 0 Å². The summed E-state index contributed by atoms with van der Waals surface area (Å²) in [5, 5.41) is 3.05. The SMILES string of the molecule is CCC(CN)CC(=O)NCC(C)CN1CCCCC1. The summed E-state index contributed by atoms with van der Waals surface area (Å²) in [5.74, 6) is 1.01. The Balaban J connectivity index is 2.14. The fourth-order valence-electron chi connectivity index (χ4n) is 2.66. The van der Waals surface area contributed by atoms with E-state index < -0.39 is 0 Å². The van der Waals surface area contributed by atoms with Crippen molar-refractivity contribution in [2.45, 2.75) is 46.0 Å². The molecule has 0 aromatic rings. The number of hydrogen-bond acceptors (Lipinski definition) is 3. The number of nitrogens with two attached hydrogens (primary N) is 1. The molecule has 1 heterocycles. The van der Waals surface area contributed by atoms with E-state index in [1.807, 2.05) is 0 Å². The van der Waals surface area contributed by atoms with E-state index in [0.29, 0.717) is 24.8 Å². The minimum Gasteiger partial charge on any atom is -0.356 e. The first-order valence-corrected chi connectivity index (χ1v) is 7.84. The van der Waals surface area contributed by atoms with Crippen LogP contribution in [0.25, 0.3) is 0 Å². The van der Waals surface area contributed by atoms with Crippen molar-refractivity contribution in [1.82, 2.24) is 10.2 Å². The molecule has 0 saturated carbocycles. The highest BCUT2D eigenvalue weighted by atomic mass is 16.1. The summed E-state index contributed by atoms with van der Waals surface area (Å²) < 4.78 is 0. The molecule has 0 radical (unpaired) electrons. The number of nitrogens with zero attached hydrogens (tertiary/aromatic N) is 1. The van der Waals surface area contributed by atoms with Gasteiger partial charge in [-0.3, -0.25) is 4.79 Å². The molecule has 19 heavy (non-hydrogen) atoms. The normalized spacial score (nSPS) is 19.9. The van der Waals surface area contributed by atoms with Crippen LogP contribution in [0.2, 0.25) is 0 Å². The molecule has 1 rings (SSSR count). The summed E-state index contributed by atoms with van der Waals surface area (Å²) in [4.78, 5) is 14.3. The smallest absolute Gasteiger partial charge is 0.220 e. The van der Waals surface area contributed by atoms with Gasteiger partial charge in [0.25, 0.3) is 0 Å². The number of likely N-dealkylation sites (tertiary alicyclic amines) is 1. The predicted molar refractivity (Wildman–Crippen MR) is 79.9 cm³/mol. The van der Waals surface area contributed by atoms with E-state index in [1.54, 1.807) is 0 Å². The van der Waals surface area contributed by atoms with Crippen molar-refractivity contribution in [2.75, 3.05) is 32.7 Å². The Bertz CT molecular complexity index is 248. The molecule has 2 unspecified atom stereocenters. The molecule has 1 aliphatic rings. The summed E-state index contributed by atoms with van der Waals surface area (Å²) in [6.45, 7) is 9.25. The van der Waals surface area contributed by atoms with Gasteiger partial charge < -0.3 is 16.0 Å². The molecule has 2 atom stereocenters. The van der Waals surface area contributed by atoms with Crippen LogP contribution in [0.3, 0.4) is 0 Å². The fraction of sp³-hybridized carbons (Fsp3) is 0.933. The maximum absolute atomic E-state index is 11.8. The third-order valence-electron chi connectivity index (χ3n) is 4.05. The largest absolute Gasteiger partial charge is 0.356 e. The molecular weight excluding hydrogens is 238 g/mol. The van der Waals surface area contributed by atoms with E-state index in [2.05, 4.69) is 24.1 Å². The Morgan fingerprint density at radius 1 is 1.32 bits per heavy atom. The van der Waals surface area contributed by atoms with Crippen LogP contribution in [0.4, 0.5) is 0 Å². The second-order valence-electron chi connectivity index (χ2n) is 5.98. The number of nitrogens with one attached hydrogen (secondary N) is 1. The number of carbonyl (C=O) groups is 1. The van der Waals surface area contributed by atoms with E-state index >= 15 is 0 Å². The van der Waals surface area contributed by atoms with Crippen molar-refractivity contribution in [3.63, 3.8) is 0 Å². The van der Waals surface area contributed by atoms with E-state index in [0.717, 1.165) is 19.5 Å². The maximum Gasteiger partial charge on any atom is 0.220 e. The van der Waals surface area contributed by atoms with Crippen molar-refractivity contribution in [3.05, 3.63) is 0 Å². The van der Waals surface area contributed by atoms with Crippen LogP contribution in [0.5, 0.6) is 0 Å². The van der Waals surface area contributed by atoms with Crippen molar-refractivity contribution in [2.24, 2.45) is 17.6 Å². The van der Waals surface area contributed by atoms with Crippen molar-refractivity contribution >= 4 is 5.91 Å². The van der Waals surface area contributed by atoms with Gasteiger partial charge >= 0.3 is 0 Å². The molecule has 4 heteroatoms. The number of piperidine rings is 1. The molecule has 0 aliphatic carbocycles. The van der Waals surface area contributed by atoms with Gasteiger partial charge in [-0.2, -0.15) is 0 Å². The molecule has 0 aromatic carbocycles. The first-order valence-electron chi connectivity index (χ1n) is 7.84. The second-order valence-corrected chi connectivity index (χ2v) is 5.98. The van der Waals surface area contributed by atoms with Gasteiger partial charge in [0.05, 0.1) is 0 Å². The molecule has 1 amide bonds. The fourth-order valence-corrected chi connectivity index (χ4v) is 2.66. The third kappa shape index (κ3) is 6.92. The van der Waals surface area contributed by atoms with Gasteiger partial charge in [-0.15, -0.1) is 0 Å². The molecule has 0 spiro atoms. The Morgan fingerprint density at radius 3 is 2.58 bits per heavy atom. The zero-order valence-electron chi connectivity index (χ0n) is 12.7. The average Bonchev–Trinajstić information content (AvgIpc) is 2.43. The molecule has 0 aromatic heterocycles. The van der Waals surface area contributed by atoms with Gasteiger partial charge in [0.1, 0.15) is 0 Å². The van der Waals surface area contributed by atoms with Crippen molar-refractivity contribution in [3.8, 4) is 0 Å². The predicted octanol–water partition coefficient (Wildman–Crippen LogP) is 1.60. The summed E-state index contributed by atoms with van der Waals surface area (Å²) in [6, 6.07) is 0. The van der Waals surface area contributed by atoms with Gasteiger partial charge in [0.2, 0.25) is 5.91 Å². The molecule has 4 nitrogen and oxygen atoms in total. The lowest BCUT2D eigenvalue weighted by Gasteiger charge is -2.29. The van der Waals surface area contributed by atoms with E-state index in [1.165, 1.54) is 32.4 Å². The minimum absolute atomic E-state index is 0.155. The molecular formula is C15H31N3O. The van der Waals surface area contributed by atoms with Crippen LogP contribution in [-0.4, -0.2) is 43.5 Å². The maximum atomic E-state index is 11.8. The topological polar surface area (TPSA) is 58.4 Å².